The van der Waals surface area contributed by atoms with Crippen LogP contribution in [-0.2, 0) is 19.7 Å². The fourth-order valence-corrected chi connectivity index (χ4v) is 6.30. The number of nitrogens with two attached hydrogens (primary N) is 1. The molecule has 0 bridgehead atoms. The van der Waals surface area contributed by atoms with Crippen molar-refractivity contribution in [2.75, 3.05) is 30.5 Å². The molecule has 0 saturated carbocycles. The molecule has 2 aromatic carbocycles. The van der Waals surface area contributed by atoms with Gasteiger partial charge in [-0.2, -0.15) is 5.26 Å². The summed E-state index contributed by atoms with van der Waals surface area (Å²) in [7, 11) is 1.52. The summed E-state index contributed by atoms with van der Waals surface area (Å²) >= 11 is 1.15. The second-order valence-corrected chi connectivity index (χ2v) is 10.0. The van der Waals surface area contributed by atoms with Gasteiger partial charge in [-0.05, 0) is 32.0 Å². The van der Waals surface area contributed by atoms with Crippen LogP contribution < -0.4 is 25.4 Å². The molecule has 0 radical (unpaired) electrons. The van der Waals surface area contributed by atoms with Gasteiger partial charge in [0.25, 0.3) is 0 Å². The van der Waals surface area contributed by atoms with E-state index in [0.29, 0.717) is 32.4 Å². The smallest absolute Gasteiger partial charge is 0.343 e. The molecule has 1 spiro atoms. The minimum atomic E-state index is -1.70. The summed E-state index contributed by atoms with van der Waals surface area (Å²) in [6.07, 6.45) is 0. The molecule has 10 nitrogen and oxygen atoms in total. The Hall–Kier alpha value is -4.82. The van der Waals surface area contributed by atoms with Crippen molar-refractivity contribution in [3.63, 3.8) is 0 Å². The van der Waals surface area contributed by atoms with Crippen molar-refractivity contribution in [2.24, 2.45) is 5.73 Å². The van der Waals surface area contributed by atoms with E-state index < -0.39 is 23.2 Å². The van der Waals surface area contributed by atoms with E-state index in [1.165, 1.54) is 12.0 Å². The number of nitriles is 1. The van der Waals surface area contributed by atoms with E-state index in [0.717, 1.165) is 11.3 Å². The molecule has 198 valence electrons. The number of hydrogen-bond acceptors (Lipinski definition) is 9. The molecule has 0 fully saturated rings. The van der Waals surface area contributed by atoms with Crippen molar-refractivity contribution in [3.05, 3.63) is 80.9 Å². The predicted octanol–water partition coefficient (Wildman–Crippen LogP) is 3.60. The maximum absolute atomic E-state index is 14.4. The number of fused-ring (bicyclic) bond motifs is 4. The number of ether oxygens (including phenoxy) is 3. The summed E-state index contributed by atoms with van der Waals surface area (Å²) in [5.41, 5.74) is 5.98. The monoisotopic (exact) mass is 544 g/mol. The van der Waals surface area contributed by atoms with Crippen LogP contribution in [-0.4, -0.2) is 38.0 Å². The Bertz CT molecular complexity index is 1600. The number of para-hydroxylation sites is 1. The molecule has 0 saturated heterocycles. The van der Waals surface area contributed by atoms with Crippen molar-refractivity contribution < 1.29 is 28.6 Å². The predicted molar refractivity (Wildman–Crippen MR) is 144 cm³/mol. The molecule has 2 aliphatic heterocycles. The normalized spacial score (nSPS) is 17.3. The van der Waals surface area contributed by atoms with E-state index in [9.17, 15) is 19.6 Å². The average Bonchev–Trinajstić information content (AvgIpc) is 3.37. The maximum Gasteiger partial charge on any atom is 0.343 e. The Labute approximate surface area is 228 Å². The van der Waals surface area contributed by atoms with Gasteiger partial charge in [-0.1, -0.05) is 24.3 Å². The second kappa shape index (κ2) is 9.81. The SMILES string of the molecule is CCOC(=O)c1c(C)sc2c1OC(N)=C(C#N)[C@@]21C(=O)N(CC(=O)Nc2cccc(OC)c2)c2ccccc21. The fraction of sp³-hybridized carbons (Fsp3) is 0.214. The van der Waals surface area contributed by atoms with E-state index in [1.807, 2.05) is 0 Å². The minimum Gasteiger partial charge on any atom is -0.497 e. The summed E-state index contributed by atoms with van der Waals surface area (Å²) in [6.45, 7) is 3.19. The number of anilines is 2. The molecule has 3 heterocycles. The number of nitrogens with zero attached hydrogens (tertiary/aromatic N) is 2. The first kappa shape index (κ1) is 25.8. The van der Waals surface area contributed by atoms with Gasteiger partial charge in [0.15, 0.2) is 11.2 Å². The van der Waals surface area contributed by atoms with Crippen molar-refractivity contribution in [2.45, 2.75) is 19.3 Å². The Morgan fingerprint density at radius 1 is 1.23 bits per heavy atom. The van der Waals surface area contributed by atoms with Crippen molar-refractivity contribution in [1.82, 2.24) is 0 Å². The lowest BCUT2D eigenvalue weighted by molar-refractivity contribution is -0.123. The molecule has 3 aromatic rings. The van der Waals surface area contributed by atoms with Crippen molar-refractivity contribution >= 4 is 40.5 Å². The number of thiophene rings is 1. The average molecular weight is 545 g/mol. The number of amides is 2. The quantitative estimate of drug-likeness (QED) is 0.448. The lowest BCUT2D eigenvalue weighted by Gasteiger charge is -2.32. The zero-order chi connectivity index (χ0) is 27.9. The number of hydrogen-bond donors (Lipinski definition) is 2. The van der Waals surface area contributed by atoms with Crippen LogP contribution in [0, 0.1) is 18.3 Å². The zero-order valence-corrected chi connectivity index (χ0v) is 22.2. The summed E-state index contributed by atoms with van der Waals surface area (Å²) in [5.74, 6) is -1.28. The molecule has 3 N–H and O–H groups in total. The maximum atomic E-state index is 14.4. The molecule has 1 aromatic heterocycles. The summed E-state index contributed by atoms with van der Waals surface area (Å²) < 4.78 is 16.2. The fourth-order valence-electron chi connectivity index (χ4n) is 5.02. The first-order valence-corrected chi connectivity index (χ1v) is 12.8. The van der Waals surface area contributed by atoms with E-state index >= 15 is 0 Å². The molecule has 39 heavy (non-hydrogen) atoms. The first-order valence-electron chi connectivity index (χ1n) is 12.0. The number of aryl methyl sites for hydroxylation is 1. The summed E-state index contributed by atoms with van der Waals surface area (Å²) in [5, 5.41) is 13.0. The highest BCUT2D eigenvalue weighted by atomic mass is 32.1. The second-order valence-electron chi connectivity index (χ2n) is 8.80. The molecule has 2 amide bonds. The number of esters is 1. The number of nitrogens with one attached hydrogen (secondary N) is 1. The van der Waals surface area contributed by atoms with Gasteiger partial charge < -0.3 is 30.2 Å². The Morgan fingerprint density at radius 3 is 2.72 bits per heavy atom. The number of carbonyl (C=O) groups excluding carboxylic acids is 3. The van der Waals surface area contributed by atoms with Crippen molar-refractivity contribution in [1.29, 1.82) is 5.26 Å². The van der Waals surface area contributed by atoms with Crippen LogP contribution in [0.4, 0.5) is 11.4 Å². The Kier molecular flexibility index (Phi) is 6.49. The van der Waals surface area contributed by atoms with Crippen LogP contribution >= 0.6 is 11.3 Å². The molecule has 0 unspecified atom stereocenters. The summed E-state index contributed by atoms with van der Waals surface area (Å²) in [6, 6.07) is 15.8. The van der Waals surface area contributed by atoms with Gasteiger partial charge in [-0.3, -0.25) is 9.59 Å². The van der Waals surface area contributed by atoms with Crippen molar-refractivity contribution in [3.8, 4) is 17.6 Å². The molecule has 11 heteroatoms. The standard InChI is InChI=1S/C28H24N4O6S/c1-4-37-26(34)22-15(2)39-24-23(22)38-25(30)19(13-29)28(24)18-10-5-6-11-20(18)32(27(28)35)14-21(33)31-16-8-7-9-17(12-16)36-3/h5-12H,4,14,30H2,1-3H3,(H,31,33)/t28-/m1/s1. The lowest BCUT2D eigenvalue weighted by atomic mass is 9.72. The highest BCUT2D eigenvalue weighted by Crippen LogP contribution is 2.58. The topological polar surface area (TPSA) is 144 Å². The highest BCUT2D eigenvalue weighted by Gasteiger charge is 2.61. The van der Waals surface area contributed by atoms with Crippen LogP contribution in [0.25, 0.3) is 0 Å². The van der Waals surface area contributed by atoms with Crippen LogP contribution in [0.3, 0.4) is 0 Å². The minimum absolute atomic E-state index is 0.0817. The molecule has 1 atom stereocenters. The third-order valence-corrected chi connectivity index (χ3v) is 7.83. The molecule has 5 rings (SSSR count). The van der Waals surface area contributed by atoms with Crippen LogP contribution in [0.5, 0.6) is 11.5 Å². The third kappa shape index (κ3) is 3.88. The Morgan fingerprint density at radius 2 is 2.00 bits per heavy atom. The molecular formula is C28H24N4O6S. The van der Waals surface area contributed by atoms with Gasteiger partial charge >= 0.3 is 5.97 Å². The number of rotatable bonds is 6. The van der Waals surface area contributed by atoms with Gasteiger partial charge in [-0.25, -0.2) is 4.79 Å². The zero-order valence-electron chi connectivity index (χ0n) is 21.4. The lowest BCUT2D eigenvalue weighted by Crippen LogP contribution is -2.47. The van der Waals surface area contributed by atoms with E-state index in [1.54, 1.807) is 62.4 Å². The molecule has 2 aliphatic rings. The van der Waals surface area contributed by atoms with E-state index in [-0.39, 0.29) is 35.9 Å². The van der Waals surface area contributed by atoms with Gasteiger partial charge in [0.1, 0.15) is 29.5 Å². The number of methoxy groups -OCH3 is 1. The highest BCUT2D eigenvalue weighted by molar-refractivity contribution is 7.13. The van der Waals surface area contributed by atoms with Crippen LogP contribution in [0.2, 0.25) is 0 Å². The van der Waals surface area contributed by atoms with Crippen LogP contribution in [0.15, 0.2) is 60.0 Å². The molecule has 0 aliphatic carbocycles. The van der Waals surface area contributed by atoms with Gasteiger partial charge in [0, 0.05) is 27.9 Å². The summed E-state index contributed by atoms with van der Waals surface area (Å²) in [4.78, 5) is 42.6. The largest absolute Gasteiger partial charge is 0.497 e. The number of carbonyl (C=O) groups is 3. The first-order chi connectivity index (χ1) is 18.8. The van der Waals surface area contributed by atoms with Crippen LogP contribution in [0.1, 0.15) is 32.6 Å². The van der Waals surface area contributed by atoms with E-state index in [2.05, 4.69) is 11.4 Å². The van der Waals surface area contributed by atoms with Gasteiger partial charge in [-0.15, -0.1) is 11.3 Å². The van der Waals surface area contributed by atoms with E-state index in [4.69, 9.17) is 19.9 Å². The van der Waals surface area contributed by atoms with Gasteiger partial charge in [0.2, 0.25) is 17.7 Å². The van der Waals surface area contributed by atoms with Gasteiger partial charge in [0.05, 0.1) is 18.6 Å². The third-order valence-electron chi connectivity index (χ3n) is 6.63. The Balaban J connectivity index is 1.63. The molecular weight excluding hydrogens is 520 g/mol. The number of benzene rings is 2.